The number of aryl methyl sites for hydroxylation is 1. The molecule has 184 valence electrons. The highest BCUT2D eigenvalue weighted by atomic mass is 19.4. The summed E-state index contributed by atoms with van der Waals surface area (Å²) in [4.78, 5) is 41.5. The molecule has 1 aliphatic heterocycles. The molecular formula is C22H23F3N8O2. The van der Waals surface area contributed by atoms with E-state index in [-0.39, 0.29) is 46.7 Å². The molecule has 3 aromatic rings. The van der Waals surface area contributed by atoms with E-state index in [2.05, 4.69) is 31.3 Å². The van der Waals surface area contributed by atoms with Crippen molar-refractivity contribution in [3.8, 4) is 17.5 Å². The fourth-order valence-electron chi connectivity index (χ4n) is 3.30. The quantitative estimate of drug-likeness (QED) is 0.567. The fourth-order valence-corrected chi connectivity index (χ4v) is 3.30. The molecule has 2 fully saturated rings. The van der Waals surface area contributed by atoms with Crippen LogP contribution in [0.2, 0.25) is 0 Å². The van der Waals surface area contributed by atoms with Crippen molar-refractivity contribution in [2.45, 2.75) is 38.9 Å². The third-order valence-corrected chi connectivity index (χ3v) is 5.38. The molecule has 0 atom stereocenters. The maximum atomic E-state index is 12.7. The van der Waals surface area contributed by atoms with Gasteiger partial charge in [-0.1, -0.05) is 19.3 Å². The van der Waals surface area contributed by atoms with Gasteiger partial charge in [0, 0.05) is 25.5 Å². The highest BCUT2D eigenvalue weighted by Crippen LogP contribution is 2.24. The van der Waals surface area contributed by atoms with E-state index < -0.39 is 18.6 Å². The molecule has 0 bridgehead atoms. The summed E-state index contributed by atoms with van der Waals surface area (Å²) < 4.78 is 39.1. The SMILES string of the molecule is C1CC1.Cc1nc(-c2cnc3[nH]cc(C(=O)NCC(=O)N4CC(C#N)C4)c3n2)cn1CC(F)(F)F. The molecule has 35 heavy (non-hydrogen) atoms. The molecule has 2 amide bonds. The summed E-state index contributed by atoms with van der Waals surface area (Å²) in [5.41, 5.74) is 1.02. The highest BCUT2D eigenvalue weighted by Gasteiger charge is 2.31. The number of hydrogen-bond donors (Lipinski definition) is 2. The van der Waals surface area contributed by atoms with Crippen LogP contribution >= 0.6 is 0 Å². The molecule has 3 aromatic heterocycles. The Kier molecular flexibility index (Phi) is 6.72. The van der Waals surface area contributed by atoms with Crippen LogP contribution in [-0.4, -0.2) is 67.0 Å². The monoisotopic (exact) mass is 488 g/mol. The smallest absolute Gasteiger partial charge is 0.344 e. The van der Waals surface area contributed by atoms with E-state index in [4.69, 9.17) is 5.26 Å². The Hall–Kier alpha value is -3.95. The summed E-state index contributed by atoms with van der Waals surface area (Å²) in [6, 6.07) is 2.07. The zero-order chi connectivity index (χ0) is 25.2. The Labute approximate surface area is 198 Å². The van der Waals surface area contributed by atoms with Crippen LogP contribution in [0.1, 0.15) is 35.4 Å². The number of fused-ring (bicyclic) bond motifs is 1. The number of H-pyrrole nitrogens is 1. The average molecular weight is 488 g/mol. The van der Waals surface area contributed by atoms with Gasteiger partial charge >= 0.3 is 6.18 Å². The number of alkyl halides is 3. The number of aromatic amines is 1. The minimum Gasteiger partial charge on any atom is -0.344 e. The van der Waals surface area contributed by atoms with Gasteiger partial charge in [0.05, 0.1) is 30.3 Å². The van der Waals surface area contributed by atoms with Gasteiger partial charge in [-0.2, -0.15) is 18.4 Å². The zero-order valence-electron chi connectivity index (χ0n) is 18.9. The maximum Gasteiger partial charge on any atom is 0.406 e. The summed E-state index contributed by atoms with van der Waals surface area (Å²) in [5, 5.41) is 11.3. The van der Waals surface area contributed by atoms with Crippen molar-refractivity contribution in [1.82, 2.24) is 34.7 Å². The van der Waals surface area contributed by atoms with E-state index in [1.807, 2.05) is 0 Å². The second-order valence-corrected chi connectivity index (χ2v) is 8.44. The second-order valence-electron chi connectivity index (χ2n) is 8.44. The zero-order valence-corrected chi connectivity index (χ0v) is 18.9. The number of nitriles is 1. The molecule has 1 aliphatic carbocycles. The van der Waals surface area contributed by atoms with Gasteiger partial charge < -0.3 is 19.8 Å². The Morgan fingerprint density at radius 3 is 2.57 bits per heavy atom. The Bertz CT molecular complexity index is 1280. The largest absolute Gasteiger partial charge is 0.406 e. The lowest BCUT2D eigenvalue weighted by Gasteiger charge is -2.35. The lowest BCUT2D eigenvalue weighted by atomic mass is 10.0. The van der Waals surface area contributed by atoms with Crippen LogP contribution in [0, 0.1) is 24.2 Å². The van der Waals surface area contributed by atoms with Gasteiger partial charge in [0.1, 0.15) is 29.3 Å². The summed E-state index contributed by atoms with van der Waals surface area (Å²) in [7, 11) is 0. The van der Waals surface area contributed by atoms with Crippen LogP contribution < -0.4 is 5.32 Å². The van der Waals surface area contributed by atoms with E-state index in [1.165, 1.54) is 49.7 Å². The maximum absolute atomic E-state index is 12.7. The molecule has 0 radical (unpaired) electrons. The van der Waals surface area contributed by atoms with Crippen molar-refractivity contribution < 1.29 is 22.8 Å². The first-order valence-corrected chi connectivity index (χ1v) is 11.0. The normalized spacial score (nSPS) is 15.1. The summed E-state index contributed by atoms with van der Waals surface area (Å²) >= 11 is 0. The van der Waals surface area contributed by atoms with Crippen molar-refractivity contribution >= 4 is 23.0 Å². The van der Waals surface area contributed by atoms with Crippen molar-refractivity contribution in [3.05, 3.63) is 30.0 Å². The molecule has 0 spiro atoms. The van der Waals surface area contributed by atoms with Crippen molar-refractivity contribution in [3.63, 3.8) is 0 Å². The first-order chi connectivity index (χ1) is 16.6. The van der Waals surface area contributed by atoms with Crippen LogP contribution in [-0.2, 0) is 11.3 Å². The molecule has 5 rings (SSSR count). The molecule has 4 heterocycles. The second kappa shape index (κ2) is 9.73. The lowest BCUT2D eigenvalue weighted by Crippen LogP contribution is -2.52. The molecule has 0 aromatic carbocycles. The first kappa shape index (κ1) is 24.2. The average Bonchev–Trinajstić information content (AvgIpc) is 3.53. The first-order valence-electron chi connectivity index (χ1n) is 11.0. The van der Waals surface area contributed by atoms with E-state index >= 15 is 0 Å². The number of rotatable bonds is 5. The number of aromatic nitrogens is 5. The predicted molar refractivity (Wildman–Crippen MR) is 118 cm³/mol. The molecule has 1 saturated carbocycles. The third-order valence-electron chi connectivity index (χ3n) is 5.38. The van der Waals surface area contributed by atoms with Crippen LogP contribution in [0.15, 0.2) is 18.6 Å². The van der Waals surface area contributed by atoms with Crippen molar-refractivity contribution in [2.24, 2.45) is 5.92 Å². The molecule has 0 unspecified atom stereocenters. The third kappa shape index (κ3) is 5.95. The Morgan fingerprint density at radius 1 is 1.23 bits per heavy atom. The van der Waals surface area contributed by atoms with E-state index in [0.29, 0.717) is 18.7 Å². The molecule has 13 heteroatoms. The topological polar surface area (TPSA) is 133 Å². The molecule has 10 nitrogen and oxygen atoms in total. The Morgan fingerprint density at radius 2 is 1.94 bits per heavy atom. The number of carbonyl (C=O) groups excluding carboxylic acids is 2. The number of nitrogens with zero attached hydrogens (tertiary/aromatic N) is 6. The summed E-state index contributed by atoms with van der Waals surface area (Å²) in [6.45, 7) is 0.711. The van der Waals surface area contributed by atoms with Gasteiger partial charge in [0.15, 0.2) is 5.65 Å². The molecule has 2 aliphatic rings. The lowest BCUT2D eigenvalue weighted by molar-refractivity contribution is -0.141. The molecule has 2 N–H and O–H groups in total. The van der Waals surface area contributed by atoms with Crippen molar-refractivity contribution in [1.29, 1.82) is 5.26 Å². The van der Waals surface area contributed by atoms with Crippen molar-refractivity contribution in [2.75, 3.05) is 19.6 Å². The van der Waals surface area contributed by atoms with Crippen LogP contribution in [0.4, 0.5) is 13.2 Å². The van der Waals surface area contributed by atoms with E-state index in [9.17, 15) is 22.8 Å². The standard InChI is InChI=1S/C19H17F3N8O2.C3H6/c1-10-27-14(8-30(10)9-19(20,21)22)13-4-25-17-16(28-13)12(3-24-17)18(32)26-5-15(31)29-6-11(2-23)7-29;1-2-3-1/h3-4,8,11H,5-7,9H2,1H3,(H,24,25)(H,26,32);1-3H2. The number of hydrogen-bond acceptors (Lipinski definition) is 6. The van der Waals surface area contributed by atoms with Crippen LogP contribution in [0.3, 0.4) is 0 Å². The van der Waals surface area contributed by atoms with E-state index in [1.54, 1.807) is 0 Å². The van der Waals surface area contributed by atoms with Crippen LogP contribution in [0.5, 0.6) is 0 Å². The van der Waals surface area contributed by atoms with Gasteiger partial charge in [0.2, 0.25) is 5.91 Å². The van der Waals surface area contributed by atoms with Gasteiger partial charge in [0.25, 0.3) is 5.91 Å². The fraction of sp³-hybridized carbons (Fsp3) is 0.455. The molecular weight excluding hydrogens is 465 g/mol. The van der Waals surface area contributed by atoms with Gasteiger partial charge in [-0.15, -0.1) is 0 Å². The minimum absolute atomic E-state index is 0.132. The van der Waals surface area contributed by atoms with Crippen LogP contribution in [0.25, 0.3) is 22.6 Å². The summed E-state index contributed by atoms with van der Waals surface area (Å²) in [6.07, 6.45) is 4.06. The number of imidazole rings is 1. The Balaban J connectivity index is 0.000000894. The number of amides is 2. The van der Waals surface area contributed by atoms with Gasteiger partial charge in [-0.05, 0) is 6.92 Å². The number of likely N-dealkylation sites (tertiary alicyclic amines) is 1. The summed E-state index contributed by atoms with van der Waals surface area (Å²) in [5.74, 6) is -0.885. The highest BCUT2D eigenvalue weighted by molar-refractivity contribution is 6.05. The van der Waals surface area contributed by atoms with Gasteiger partial charge in [-0.3, -0.25) is 9.59 Å². The van der Waals surface area contributed by atoms with Gasteiger partial charge in [-0.25, -0.2) is 15.0 Å². The predicted octanol–water partition coefficient (Wildman–Crippen LogP) is 2.57. The van der Waals surface area contributed by atoms with E-state index in [0.717, 1.165) is 4.57 Å². The molecule has 1 saturated heterocycles. The number of halogens is 3. The number of carbonyl (C=O) groups is 2. The minimum atomic E-state index is -4.40. The number of nitrogens with one attached hydrogen (secondary N) is 2.